The zero-order chi connectivity index (χ0) is 32.5. The van der Waals surface area contributed by atoms with Gasteiger partial charge in [-0.2, -0.15) is 0 Å². The highest BCUT2D eigenvalue weighted by atomic mass is 32.2. The Hall–Kier alpha value is -4.38. The first-order valence-corrected chi connectivity index (χ1v) is 18.0. The van der Waals surface area contributed by atoms with Crippen LogP contribution in [0.5, 0.6) is 0 Å². The van der Waals surface area contributed by atoms with Crippen molar-refractivity contribution < 1.29 is 17.9 Å². The number of nitrogens with zero attached hydrogens (tertiary/aromatic N) is 4. The fourth-order valence-electron chi connectivity index (χ4n) is 6.89. The summed E-state index contributed by atoms with van der Waals surface area (Å²) >= 11 is 0. The molecule has 2 saturated heterocycles. The molecule has 0 radical (unpaired) electrons. The molecule has 0 spiro atoms. The third-order valence-electron chi connectivity index (χ3n) is 9.46. The van der Waals surface area contributed by atoms with Crippen LogP contribution in [0.2, 0.25) is 0 Å². The van der Waals surface area contributed by atoms with Crippen LogP contribution in [0, 0.1) is 0 Å². The number of hydrogen-bond acceptors (Lipinski definition) is 7. The van der Waals surface area contributed by atoms with Gasteiger partial charge < -0.3 is 9.47 Å². The summed E-state index contributed by atoms with van der Waals surface area (Å²) in [7, 11) is -3.94. The van der Waals surface area contributed by atoms with Gasteiger partial charge in [-0.05, 0) is 63.7 Å². The Labute approximate surface area is 281 Å². The maximum atomic E-state index is 14.3. The molecule has 0 bridgehead atoms. The first-order chi connectivity index (χ1) is 23.5. The van der Waals surface area contributed by atoms with Gasteiger partial charge >= 0.3 is 0 Å². The van der Waals surface area contributed by atoms with Crippen LogP contribution in [0.3, 0.4) is 0 Å². The van der Waals surface area contributed by atoms with Gasteiger partial charge in [0.1, 0.15) is 0 Å². The van der Waals surface area contributed by atoms with E-state index in [1.54, 1.807) is 30.5 Å². The van der Waals surface area contributed by atoms with Crippen molar-refractivity contribution in [2.24, 2.45) is 0 Å². The molecule has 4 aromatic carbocycles. The highest BCUT2D eigenvalue weighted by molar-refractivity contribution is 7.90. The maximum absolute atomic E-state index is 14.3. The van der Waals surface area contributed by atoms with Gasteiger partial charge in [0.05, 0.1) is 36.8 Å². The van der Waals surface area contributed by atoms with E-state index in [1.165, 1.54) is 15.1 Å². The van der Waals surface area contributed by atoms with Crippen molar-refractivity contribution in [3.05, 3.63) is 120 Å². The molecule has 0 saturated carbocycles. The molecule has 6 aromatic rings. The molecule has 9 heteroatoms. The number of aromatic nitrogens is 2. The number of pyridine rings is 1. The molecular formula is C39H38N4O4S. The lowest BCUT2D eigenvalue weighted by atomic mass is 9.97. The summed E-state index contributed by atoms with van der Waals surface area (Å²) in [6.07, 6.45) is 1.71. The summed E-state index contributed by atoms with van der Waals surface area (Å²) in [6.45, 7) is 8.62. The molecule has 4 heterocycles. The summed E-state index contributed by atoms with van der Waals surface area (Å²) in [5.41, 5.74) is 7.58. The van der Waals surface area contributed by atoms with Crippen molar-refractivity contribution in [3.8, 4) is 22.3 Å². The fraction of sp³-hybridized carbons (Fsp3) is 0.256. The third kappa shape index (κ3) is 6.04. The van der Waals surface area contributed by atoms with Crippen LogP contribution in [-0.4, -0.2) is 79.8 Å². The quantitative estimate of drug-likeness (QED) is 0.187. The van der Waals surface area contributed by atoms with E-state index in [0.29, 0.717) is 11.2 Å². The Morgan fingerprint density at radius 3 is 1.79 bits per heavy atom. The predicted molar refractivity (Wildman–Crippen MR) is 189 cm³/mol. The molecule has 48 heavy (non-hydrogen) atoms. The van der Waals surface area contributed by atoms with E-state index in [0.717, 1.165) is 98.7 Å². The van der Waals surface area contributed by atoms with E-state index in [2.05, 4.69) is 64.4 Å². The minimum atomic E-state index is -3.94. The molecule has 8 nitrogen and oxygen atoms in total. The number of rotatable bonds is 8. The van der Waals surface area contributed by atoms with Crippen LogP contribution in [0.4, 0.5) is 0 Å². The van der Waals surface area contributed by atoms with Crippen molar-refractivity contribution in [1.29, 1.82) is 0 Å². The summed E-state index contributed by atoms with van der Waals surface area (Å²) in [4.78, 5) is 9.76. The van der Waals surface area contributed by atoms with Crippen molar-refractivity contribution in [2.45, 2.75) is 18.0 Å². The molecule has 0 unspecified atom stereocenters. The van der Waals surface area contributed by atoms with Gasteiger partial charge in [0.25, 0.3) is 10.0 Å². The van der Waals surface area contributed by atoms with E-state index in [-0.39, 0.29) is 4.90 Å². The molecule has 2 aromatic heterocycles. The van der Waals surface area contributed by atoms with Crippen molar-refractivity contribution in [1.82, 2.24) is 18.8 Å². The molecular weight excluding hydrogens is 621 g/mol. The van der Waals surface area contributed by atoms with Crippen LogP contribution in [0.25, 0.3) is 44.2 Å². The second kappa shape index (κ2) is 13.3. The van der Waals surface area contributed by atoms with Crippen LogP contribution in [0.15, 0.2) is 114 Å². The molecule has 2 aliphatic rings. The average molecular weight is 659 g/mol. The van der Waals surface area contributed by atoms with E-state index in [1.807, 2.05) is 24.3 Å². The number of benzene rings is 4. The van der Waals surface area contributed by atoms with Gasteiger partial charge in [-0.1, -0.05) is 72.8 Å². The van der Waals surface area contributed by atoms with E-state index in [9.17, 15) is 8.42 Å². The van der Waals surface area contributed by atoms with Crippen LogP contribution >= 0.6 is 0 Å². The standard InChI is InChI=1S/C39H38N4O4S/c44-48(45,34-4-2-1-3-5-34)43-37-15-14-33(31-10-6-29(7-11-31)27-41-18-22-46-23-19-41)26-36(37)38-35(16-17-40-39(38)43)32-12-8-30(9-13-32)28-42-20-24-47-25-21-42/h1-17,26H,18-25,27-28H2. The lowest BCUT2D eigenvalue weighted by Crippen LogP contribution is -2.35. The number of hydrogen-bond donors (Lipinski definition) is 0. The number of fused-ring (bicyclic) bond motifs is 3. The van der Waals surface area contributed by atoms with Gasteiger partial charge in [-0.25, -0.2) is 17.4 Å². The van der Waals surface area contributed by atoms with E-state index >= 15 is 0 Å². The molecule has 0 amide bonds. The second-order valence-electron chi connectivity index (χ2n) is 12.5. The van der Waals surface area contributed by atoms with Gasteiger partial charge in [0.2, 0.25) is 0 Å². The molecule has 0 aliphatic carbocycles. The first-order valence-electron chi connectivity index (χ1n) is 16.6. The van der Waals surface area contributed by atoms with Gasteiger partial charge in [0.15, 0.2) is 5.65 Å². The van der Waals surface area contributed by atoms with Crippen molar-refractivity contribution in [2.75, 3.05) is 52.6 Å². The monoisotopic (exact) mass is 658 g/mol. The Morgan fingerprint density at radius 1 is 0.625 bits per heavy atom. The normalized spacial score (nSPS) is 16.5. The SMILES string of the molecule is O=S(=O)(c1ccccc1)n1c2ccc(-c3ccc(CN4CCOCC4)cc3)cc2c2c(-c3ccc(CN4CCOCC4)cc3)ccnc21. The molecule has 2 fully saturated rings. The van der Waals surface area contributed by atoms with Crippen LogP contribution in [0.1, 0.15) is 11.1 Å². The molecule has 0 N–H and O–H groups in total. The van der Waals surface area contributed by atoms with Crippen molar-refractivity contribution >= 4 is 32.0 Å². The lowest BCUT2D eigenvalue weighted by molar-refractivity contribution is 0.0341. The molecule has 0 atom stereocenters. The topological polar surface area (TPSA) is 76.9 Å². The summed E-state index contributed by atoms with van der Waals surface area (Å²) in [5.74, 6) is 0. The predicted octanol–water partition coefficient (Wildman–Crippen LogP) is 6.42. The zero-order valence-electron chi connectivity index (χ0n) is 26.8. The lowest BCUT2D eigenvalue weighted by Gasteiger charge is -2.26. The Bertz CT molecular complexity index is 2150. The highest BCUT2D eigenvalue weighted by Gasteiger charge is 2.26. The highest BCUT2D eigenvalue weighted by Crippen LogP contribution is 2.39. The van der Waals surface area contributed by atoms with Gasteiger partial charge in [0, 0.05) is 56.2 Å². The number of morpholine rings is 2. The smallest absolute Gasteiger partial charge is 0.269 e. The van der Waals surface area contributed by atoms with E-state index < -0.39 is 10.0 Å². The van der Waals surface area contributed by atoms with Gasteiger partial charge in [-0.15, -0.1) is 0 Å². The molecule has 244 valence electrons. The van der Waals surface area contributed by atoms with Gasteiger partial charge in [-0.3, -0.25) is 9.80 Å². The van der Waals surface area contributed by atoms with E-state index in [4.69, 9.17) is 14.5 Å². The Morgan fingerprint density at radius 2 is 1.19 bits per heavy atom. The first kappa shape index (κ1) is 30.9. The van der Waals surface area contributed by atoms with Crippen molar-refractivity contribution in [3.63, 3.8) is 0 Å². The fourth-order valence-corrected chi connectivity index (χ4v) is 8.38. The zero-order valence-corrected chi connectivity index (χ0v) is 27.6. The minimum absolute atomic E-state index is 0.225. The molecule has 8 rings (SSSR count). The maximum Gasteiger partial charge on any atom is 0.269 e. The number of ether oxygens (including phenoxy) is 2. The van der Waals surface area contributed by atoms with Crippen LogP contribution < -0.4 is 0 Å². The second-order valence-corrected chi connectivity index (χ2v) is 14.3. The summed E-state index contributed by atoms with van der Waals surface area (Å²) < 4.78 is 41.0. The molecule has 2 aliphatic heterocycles. The Balaban J connectivity index is 1.23. The minimum Gasteiger partial charge on any atom is -0.379 e. The Kier molecular flexibility index (Phi) is 8.54. The van der Waals surface area contributed by atoms with Crippen LogP contribution in [-0.2, 0) is 32.6 Å². The summed E-state index contributed by atoms with van der Waals surface area (Å²) in [6, 6.07) is 33.9. The average Bonchev–Trinajstić information content (AvgIpc) is 3.48. The summed E-state index contributed by atoms with van der Waals surface area (Å²) in [5, 5.41) is 1.67. The third-order valence-corrected chi connectivity index (χ3v) is 11.2. The largest absolute Gasteiger partial charge is 0.379 e.